The SMILES string of the molecule is COc1ccccc1-c1nn2c(=O)cc(CCc3c(C)n[nH]c3C)[nH]c2c1C. The lowest BCUT2D eigenvalue weighted by molar-refractivity contribution is 0.416. The minimum absolute atomic E-state index is 0.145. The number of aromatic amines is 2. The van der Waals surface area contributed by atoms with E-state index in [2.05, 4.69) is 20.3 Å². The number of hydrogen-bond acceptors (Lipinski definition) is 4. The zero-order valence-corrected chi connectivity index (χ0v) is 16.5. The number of methoxy groups -OCH3 is 1. The second-order valence-corrected chi connectivity index (χ2v) is 6.98. The van der Waals surface area contributed by atoms with Gasteiger partial charge in [0.1, 0.15) is 17.1 Å². The molecule has 0 atom stereocenters. The van der Waals surface area contributed by atoms with Crippen LogP contribution in [0.4, 0.5) is 0 Å². The van der Waals surface area contributed by atoms with Gasteiger partial charge in [0.2, 0.25) is 0 Å². The van der Waals surface area contributed by atoms with E-state index in [1.807, 2.05) is 45.0 Å². The maximum atomic E-state index is 12.7. The van der Waals surface area contributed by atoms with Gasteiger partial charge >= 0.3 is 0 Å². The van der Waals surface area contributed by atoms with Crippen LogP contribution >= 0.6 is 0 Å². The predicted octanol–water partition coefficient (Wildman–Crippen LogP) is 3.13. The van der Waals surface area contributed by atoms with Crippen LogP contribution in [0.1, 0.15) is 28.2 Å². The monoisotopic (exact) mass is 377 g/mol. The molecule has 144 valence electrons. The van der Waals surface area contributed by atoms with Gasteiger partial charge in [-0.1, -0.05) is 12.1 Å². The molecule has 0 aliphatic carbocycles. The van der Waals surface area contributed by atoms with E-state index in [4.69, 9.17) is 4.74 Å². The van der Waals surface area contributed by atoms with Crippen LogP contribution in [0, 0.1) is 20.8 Å². The Morgan fingerprint density at radius 2 is 1.93 bits per heavy atom. The highest BCUT2D eigenvalue weighted by Crippen LogP contribution is 2.31. The molecule has 3 aromatic heterocycles. The number of nitrogens with zero attached hydrogens (tertiary/aromatic N) is 3. The first-order valence-electron chi connectivity index (χ1n) is 9.25. The highest BCUT2D eigenvalue weighted by molar-refractivity contribution is 5.74. The van der Waals surface area contributed by atoms with E-state index in [0.717, 1.165) is 52.5 Å². The Bertz CT molecular complexity index is 1200. The number of rotatable bonds is 5. The molecule has 4 rings (SSSR count). The van der Waals surface area contributed by atoms with Crippen LogP contribution in [0.2, 0.25) is 0 Å². The van der Waals surface area contributed by atoms with Gasteiger partial charge in [-0.25, -0.2) is 0 Å². The summed E-state index contributed by atoms with van der Waals surface area (Å²) < 4.78 is 6.89. The molecule has 0 unspecified atom stereocenters. The third kappa shape index (κ3) is 2.98. The highest BCUT2D eigenvalue weighted by Gasteiger charge is 2.17. The van der Waals surface area contributed by atoms with E-state index in [-0.39, 0.29) is 5.56 Å². The average molecular weight is 377 g/mol. The van der Waals surface area contributed by atoms with Crippen LogP contribution in [-0.4, -0.2) is 31.9 Å². The zero-order valence-electron chi connectivity index (χ0n) is 16.5. The molecule has 28 heavy (non-hydrogen) atoms. The predicted molar refractivity (Wildman–Crippen MR) is 108 cm³/mol. The number of hydrogen-bond donors (Lipinski definition) is 2. The van der Waals surface area contributed by atoms with E-state index in [9.17, 15) is 4.79 Å². The number of aromatic nitrogens is 5. The molecular formula is C21H23N5O2. The molecule has 0 bridgehead atoms. The molecule has 7 nitrogen and oxygen atoms in total. The van der Waals surface area contributed by atoms with Crippen molar-refractivity contribution in [2.75, 3.05) is 7.11 Å². The second-order valence-electron chi connectivity index (χ2n) is 6.98. The van der Waals surface area contributed by atoms with Crippen LogP contribution in [0.25, 0.3) is 16.9 Å². The number of fused-ring (bicyclic) bond motifs is 1. The number of aryl methyl sites for hydroxylation is 4. The topological polar surface area (TPSA) is 88.1 Å². The molecule has 0 saturated carbocycles. The Labute approximate surface area is 162 Å². The molecule has 0 saturated heterocycles. The largest absolute Gasteiger partial charge is 0.496 e. The van der Waals surface area contributed by atoms with Crippen molar-refractivity contribution in [3.63, 3.8) is 0 Å². The Hall–Kier alpha value is -3.35. The fourth-order valence-electron chi connectivity index (χ4n) is 3.63. The number of benzene rings is 1. The van der Waals surface area contributed by atoms with Crippen molar-refractivity contribution in [1.29, 1.82) is 0 Å². The van der Waals surface area contributed by atoms with Gasteiger partial charge in [0.05, 0.1) is 12.8 Å². The molecule has 0 amide bonds. The van der Waals surface area contributed by atoms with Crippen LogP contribution in [0.3, 0.4) is 0 Å². The maximum absolute atomic E-state index is 12.7. The van der Waals surface area contributed by atoms with Crippen molar-refractivity contribution in [2.24, 2.45) is 0 Å². The van der Waals surface area contributed by atoms with Crippen LogP contribution in [0.5, 0.6) is 5.75 Å². The molecule has 1 aromatic carbocycles. The molecule has 4 aromatic rings. The molecule has 2 N–H and O–H groups in total. The Kier molecular flexibility index (Phi) is 4.50. The minimum Gasteiger partial charge on any atom is -0.496 e. The number of para-hydroxylation sites is 1. The zero-order chi connectivity index (χ0) is 19.8. The van der Waals surface area contributed by atoms with E-state index in [1.165, 1.54) is 10.1 Å². The first-order valence-corrected chi connectivity index (χ1v) is 9.25. The molecule has 7 heteroatoms. The highest BCUT2D eigenvalue weighted by atomic mass is 16.5. The first kappa shape index (κ1) is 18.0. The van der Waals surface area contributed by atoms with Gasteiger partial charge in [0, 0.05) is 28.6 Å². The number of H-pyrrole nitrogens is 2. The molecule has 0 fully saturated rings. The van der Waals surface area contributed by atoms with Crippen molar-refractivity contribution in [1.82, 2.24) is 24.8 Å². The van der Waals surface area contributed by atoms with Crippen molar-refractivity contribution in [3.05, 3.63) is 68.9 Å². The summed E-state index contributed by atoms with van der Waals surface area (Å²) in [7, 11) is 1.63. The van der Waals surface area contributed by atoms with E-state index in [0.29, 0.717) is 5.65 Å². The number of ether oxygens (including phenoxy) is 1. The summed E-state index contributed by atoms with van der Waals surface area (Å²) in [4.78, 5) is 16.1. The van der Waals surface area contributed by atoms with Gasteiger partial charge in [-0.05, 0) is 51.3 Å². The van der Waals surface area contributed by atoms with E-state index in [1.54, 1.807) is 13.2 Å². The molecule has 0 aliphatic rings. The summed E-state index contributed by atoms with van der Waals surface area (Å²) in [6.45, 7) is 5.97. The molecule has 0 radical (unpaired) electrons. The van der Waals surface area contributed by atoms with Gasteiger partial charge in [0.25, 0.3) is 5.56 Å². The van der Waals surface area contributed by atoms with Crippen molar-refractivity contribution < 1.29 is 4.74 Å². The lowest BCUT2D eigenvalue weighted by Gasteiger charge is -2.06. The Balaban J connectivity index is 1.75. The Morgan fingerprint density at radius 3 is 2.64 bits per heavy atom. The molecule has 0 spiro atoms. The first-order chi connectivity index (χ1) is 13.5. The normalized spacial score (nSPS) is 11.3. The average Bonchev–Trinajstić information content (AvgIpc) is 3.20. The fraction of sp³-hybridized carbons (Fsp3) is 0.286. The van der Waals surface area contributed by atoms with Gasteiger partial charge in [-0.2, -0.15) is 14.7 Å². The van der Waals surface area contributed by atoms with Crippen LogP contribution in [-0.2, 0) is 12.8 Å². The number of nitrogens with one attached hydrogen (secondary N) is 2. The van der Waals surface area contributed by atoms with E-state index < -0.39 is 0 Å². The summed E-state index contributed by atoms with van der Waals surface area (Å²) >= 11 is 0. The lowest BCUT2D eigenvalue weighted by atomic mass is 10.1. The molecule has 3 heterocycles. The van der Waals surface area contributed by atoms with Crippen molar-refractivity contribution in [3.8, 4) is 17.0 Å². The van der Waals surface area contributed by atoms with E-state index >= 15 is 0 Å². The fourth-order valence-corrected chi connectivity index (χ4v) is 3.63. The smallest absolute Gasteiger partial charge is 0.274 e. The Morgan fingerprint density at radius 1 is 1.14 bits per heavy atom. The van der Waals surface area contributed by atoms with Crippen molar-refractivity contribution in [2.45, 2.75) is 33.6 Å². The summed E-state index contributed by atoms with van der Waals surface area (Å²) in [6, 6.07) is 9.31. The maximum Gasteiger partial charge on any atom is 0.274 e. The van der Waals surface area contributed by atoms with Crippen LogP contribution < -0.4 is 10.3 Å². The summed E-state index contributed by atoms with van der Waals surface area (Å²) in [6.07, 6.45) is 1.54. The lowest BCUT2D eigenvalue weighted by Crippen LogP contribution is -2.16. The van der Waals surface area contributed by atoms with Crippen LogP contribution in [0.15, 0.2) is 35.1 Å². The van der Waals surface area contributed by atoms with Gasteiger partial charge in [-0.3, -0.25) is 9.89 Å². The standard InChI is InChI=1S/C21H23N5O2/c1-12-20(17-7-5-6-8-18(17)28-4)25-26-19(27)11-15(22-21(12)26)9-10-16-13(2)23-24-14(16)3/h5-8,11,22H,9-10H2,1-4H3,(H,23,24). The van der Waals surface area contributed by atoms with Gasteiger partial charge < -0.3 is 9.72 Å². The summed E-state index contributed by atoms with van der Waals surface area (Å²) in [5, 5.41) is 11.8. The van der Waals surface area contributed by atoms with Gasteiger partial charge in [0.15, 0.2) is 0 Å². The van der Waals surface area contributed by atoms with Crippen molar-refractivity contribution >= 4 is 5.65 Å². The second kappa shape index (κ2) is 6.99. The third-order valence-electron chi connectivity index (χ3n) is 5.19. The summed E-state index contributed by atoms with van der Waals surface area (Å²) in [5.74, 6) is 0.729. The third-order valence-corrected chi connectivity index (χ3v) is 5.19. The quantitative estimate of drug-likeness (QED) is 0.559. The molecule has 0 aliphatic heterocycles. The van der Waals surface area contributed by atoms with Gasteiger partial charge in [-0.15, -0.1) is 0 Å². The minimum atomic E-state index is -0.145. The molecular weight excluding hydrogens is 354 g/mol. The summed E-state index contributed by atoms with van der Waals surface area (Å²) in [5.41, 5.74) is 7.24.